The average molecular weight is 472 g/mol. The molecule has 3 N–H and O–H groups in total. The topological polar surface area (TPSA) is 89.4 Å². The van der Waals surface area contributed by atoms with E-state index in [1.54, 1.807) is 6.20 Å². The molecule has 2 aromatic rings. The molecule has 0 bridgehead atoms. The number of nitrogens with one attached hydrogen (secondary N) is 2. The second-order valence-electron chi connectivity index (χ2n) is 9.62. The molecule has 1 aliphatic heterocycles. The molecule has 34 heavy (non-hydrogen) atoms. The molecule has 0 spiro atoms. The summed E-state index contributed by atoms with van der Waals surface area (Å²) in [6, 6.07) is 4.38. The van der Waals surface area contributed by atoms with Crippen molar-refractivity contribution in [3.8, 4) is 11.3 Å². The number of rotatable bonds is 9. The zero-order valence-electron chi connectivity index (χ0n) is 20.4. The molecule has 2 aliphatic rings. The molecule has 1 saturated carbocycles. The molecule has 2 aromatic heterocycles. The number of pyridine rings is 1. The van der Waals surface area contributed by atoms with Crippen LogP contribution in [0.3, 0.4) is 0 Å². The predicted octanol–water partition coefficient (Wildman–Crippen LogP) is 3.16. The van der Waals surface area contributed by atoms with Gasteiger partial charge in [0.25, 0.3) is 0 Å². The van der Waals surface area contributed by atoms with E-state index < -0.39 is 6.17 Å². The third kappa shape index (κ3) is 6.84. The monoisotopic (exact) mass is 471 g/mol. The highest BCUT2D eigenvalue weighted by Gasteiger charge is 2.22. The molecule has 0 unspecified atom stereocenters. The lowest BCUT2D eigenvalue weighted by atomic mass is 9.93. The Morgan fingerprint density at radius 1 is 1.09 bits per heavy atom. The fraction of sp³-hybridized carbons (Fsp3) is 0.640. The van der Waals surface area contributed by atoms with Crippen molar-refractivity contribution in [1.29, 1.82) is 0 Å². The standard InChI is InChI=1S/C25H38FN7O/c1-3-19(26)15-28-25-29-16-22(24(31-25)30-20-5-7-21(34)8-6-20)23-9-4-18(14-27-23)17-33-12-10-32(2)11-13-33/h4,9,14,16,19-21,34H,3,5-8,10-13,15,17H2,1-2H3,(H2,28,29,30,31)/t19-,20?,21?/m0/s1. The van der Waals surface area contributed by atoms with E-state index in [4.69, 9.17) is 4.98 Å². The minimum absolute atomic E-state index is 0.185. The molecule has 1 atom stereocenters. The van der Waals surface area contributed by atoms with Gasteiger partial charge in [-0.05, 0) is 50.8 Å². The molecular weight excluding hydrogens is 433 g/mol. The van der Waals surface area contributed by atoms with Gasteiger partial charge in [-0.2, -0.15) is 4.98 Å². The van der Waals surface area contributed by atoms with Gasteiger partial charge in [0.05, 0.1) is 17.4 Å². The predicted molar refractivity (Wildman–Crippen MR) is 134 cm³/mol. The summed E-state index contributed by atoms with van der Waals surface area (Å²) >= 11 is 0. The summed E-state index contributed by atoms with van der Waals surface area (Å²) in [6.07, 6.45) is 6.32. The minimum Gasteiger partial charge on any atom is -0.393 e. The summed E-state index contributed by atoms with van der Waals surface area (Å²) in [5.41, 5.74) is 2.83. The number of aliphatic hydroxyl groups excluding tert-OH is 1. The molecule has 4 rings (SSSR count). The lowest BCUT2D eigenvalue weighted by Crippen LogP contribution is -2.43. The van der Waals surface area contributed by atoms with Gasteiger partial charge in [0.1, 0.15) is 12.0 Å². The maximum absolute atomic E-state index is 13.7. The molecule has 2 fully saturated rings. The number of halogens is 1. The first-order valence-corrected chi connectivity index (χ1v) is 12.6. The number of aliphatic hydroxyl groups is 1. The van der Waals surface area contributed by atoms with Crippen molar-refractivity contribution in [1.82, 2.24) is 24.8 Å². The third-order valence-electron chi connectivity index (χ3n) is 6.85. The van der Waals surface area contributed by atoms with Gasteiger partial charge < -0.3 is 20.6 Å². The number of hydrogen-bond acceptors (Lipinski definition) is 8. The number of nitrogens with zero attached hydrogens (tertiary/aromatic N) is 5. The highest BCUT2D eigenvalue weighted by atomic mass is 19.1. The Bertz CT molecular complexity index is 897. The highest BCUT2D eigenvalue weighted by Crippen LogP contribution is 2.29. The zero-order valence-corrected chi connectivity index (χ0v) is 20.4. The molecule has 9 heteroatoms. The number of alkyl halides is 1. The normalized spacial score (nSPS) is 22.9. The lowest BCUT2D eigenvalue weighted by Gasteiger charge is -2.32. The van der Waals surface area contributed by atoms with E-state index in [1.165, 1.54) is 5.56 Å². The maximum Gasteiger partial charge on any atom is 0.224 e. The Hall–Kier alpha value is -2.36. The van der Waals surface area contributed by atoms with E-state index in [0.717, 1.165) is 69.7 Å². The molecule has 0 aromatic carbocycles. The number of likely N-dealkylation sites (N-methyl/N-ethyl adjacent to an activating group) is 1. The smallest absolute Gasteiger partial charge is 0.224 e. The van der Waals surface area contributed by atoms with Gasteiger partial charge in [-0.15, -0.1) is 0 Å². The molecular formula is C25H38FN7O. The van der Waals surface area contributed by atoms with Crippen LogP contribution < -0.4 is 10.6 Å². The Kier molecular flexibility index (Phi) is 8.64. The first kappa shape index (κ1) is 24.8. The summed E-state index contributed by atoms with van der Waals surface area (Å²) < 4.78 is 13.7. The molecule has 0 radical (unpaired) electrons. The van der Waals surface area contributed by atoms with Crippen molar-refractivity contribution in [2.45, 2.75) is 63.9 Å². The maximum atomic E-state index is 13.7. The van der Waals surface area contributed by atoms with Crippen LogP contribution in [0, 0.1) is 0 Å². The number of hydrogen-bond donors (Lipinski definition) is 3. The van der Waals surface area contributed by atoms with Crippen LogP contribution in [0.15, 0.2) is 24.5 Å². The molecule has 0 amide bonds. The van der Waals surface area contributed by atoms with E-state index >= 15 is 0 Å². The SMILES string of the molecule is CC[C@H](F)CNc1ncc(-c2ccc(CN3CCN(C)CC3)cn2)c(NC2CCC(O)CC2)n1. The number of anilines is 2. The zero-order chi connectivity index (χ0) is 23.9. The van der Waals surface area contributed by atoms with Crippen LogP contribution in [-0.4, -0.2) is 87.9 Å². The molecule has 186 valence electrons. The van der Waals surface area contributed by atoms with Gasteiger partial charge in [-0.3, -0.25) is 9.88 Å². The van der Waals surface area contributed by atoms with Gasteiger partial charge >= 0.3 is 0 Å². The van der Waals surface area contributed by atoms with E-state index in [0.29, 0.717) is 18.2 Å². The van der Waals surface area contributed by atoms with E-state index in [2.05, 4.69) is 43.5 Å². The van der Waals surface area contributed by atoms with Crippen molar-refractivity contribution in [2.24, 2.45) is 0 Å². The molecule has 8 nitrogen and oxygen atoms in total. The largest absolute Gasteiger partial charge is 0.393 e. The van der Waals surface area contributed by atoms with Crippen LogP contribution in [0.1, 0.15) is 44.6 Å². The average Bonchev–Trinajstić information content (AvgIpc) is 2.86. The molecule has 1 saturated heterocycles. The summed E-state index contributed by atoms with van der Waals surface area (Å²) in [5, 5.41) is 16.4. The molecule has 3 heterocycles. The van der Waals surface area contributed by atoms with Crippen LogP contribution in [0.25, 0.3) is 11.3 Å². The fourth-order valence-corrected chi connectivity index (χ4v) is 4.47. The van der Waals surface area contributed by atoms with E-state index in [9.17, 15) is 9.50 Å². The Morgan fingerprint density at radius 3 is 2.53 bits per heavy atom. The van der Waals surface area contributed by atoms with Crippen LogP contribution in [0.4, 0.5) is 16.2 Å². The number of aromatic nitrogens is 3. The van der Waals surface area contributed by atoms with Crippen molar-refractivity contribution < 1.29 is 9.50 Å². The van der Waals surface area contributed by atoms with Crippen LogP contribution in [0.2, 0.25) is 0 Å². The minimum atomic E-state index is -0.936. The van der Waals surface area contributed by atoms with Gasteiger partial charge in [0, 0.05) is 57.7 Å². The van der Waals surface area contributed by atoms with Gasteiger partial charge in [-0.1, -0.05) is 13.0 Å². The Balaban J connectivity index is 1.49. The third-order valence-corrected chi connectivity index (χ3v) is 6.85. The second-order valence-corrected chi connectivity index (χ2v) is 9.62. The van der Waals surface area contributed by atoms with Crippen LogP contribution in [0.5, 0.6) is 0 Å². The van der Waals surface area contributed by atoms with Crippen LogP contribution in [-0.2, 0) is 6.54 Å². The van der Waals surface area contributed by atoms with Crippen LogP contribution >= 0.6 is 0 Å². The van der Waals surface area contributed by atoms with Crippen molar-refractivity contribution in [2.75, 3.05) is 50.4 Å². The van der Waals surface area contributed by atoms with E-state index in [1.807, 2.05) is 19.2 Å². The first-order chi connectivity index (χ1) is 16.5. The summed E-state index contributed by atoms with van der Waals surface area (Å²) in [5.74, 6) is 1.11. The lowest BCUT2D eigenvalue weighted by molar-refractivity contribution is 0.126. The van der Waals surface area contributed by atoms with E-state index in [-0.39, 0.29) is 18.7 Å². The van der Waals surface area contributed by atoms with Crippen molar-refractivity contribution >= 4 is 11.8 Å². The second kappa shape index (κ2) is 11.9. The number of piperazine rings is 1. The summed E-state index contributed by atoms with van der Waals surface area (Å²) in [4.78, 5) is 18.7. The van der Waals surface area contributed by atoms with Gasteiger partial charge in [-0.25, -0.2) is 9.37 Å². The highest BCUT2D eigenvalue weighted by molar-refractivity contribution is 5.73. The van der Waals surface area contributed by atoms with Gasteiger partial charge in [0.15, 0.2) is 0 Å². The van der Waals surface area contributed by atoms with Gasteiger partial charge in [0.2, 0.25) is 5.95 Å². The summed E-state index contributed by atoms with van der Waals surface area (Å²) in [7, 11) is 2.16. The van der Waals surface area contributed by atoms with Crippen molar-refractivity contribution in [3.63, 3.8) is 0 Å². The summed E-state index contributed by atoms with van der Waals surface area (Å²) in [6.45, 7) is 7.24. The molecule has 1 aliphatic carbocycles. The quantitative estimate of drug-likeness (QED) is 0.514. The Labute approximate surface area is 202 Å². The fourth-order valence-electron chi connectivity index (χ4n) is 4.47. The Morgan fingerprint density at radius 2 is 1.85 bits per heavy atom. The van der Waals surface area contributed by atoms with Crippen molar-refractivity contribution in [3.05, 3.63) is 30.1 Å². The first-order valence-electron chi connectivity index (χ1n) is 12.6.